The van der Waals surface area contributed by atoms with Gasteiger partial charge in [-0.1, -0.05) is 26.2 Å². The van der Waals surface area contributed by atoms with Gasteiger partial charge < -0.3 is 15.1 Å². The molecule has 1 amide bonds. The van der Waals surface area contributed by atoms with E-state index in [0.717, 1.165) is 32.1 Å². The quantitative estimate of drug-likeness (QED) is 0.772. The van der Waals surface area contributed by atoms with Crippen LogP contribution in [0.1, 0.15) is 46.0 Å². The highest BCUT2D eigenvalue weighted by Crippen LogP contribution is 2.26. The molecule has 6 heteroatoms. The minimum Gasteiger partial charge on any atom is -0.481 e. The number of carbonyl (C=O) groups excluding carboxylic acids is 1. The van der Waals surface area contributed by atoms with E-state index in [1.165, 1.54) is 18.7 Å². The average molecular weight is 285 g/mol. The van der Waals surface area contributed by atoms with Gasteiger partial charge in [0.05, 0.1) is 5.92 Å². The number of amides is 1. The number of nitrogens with zero attached hydrogens (tertiary/aromatic N) is 1. The van der Waals surface area contributed by atoms with Crippen LogP contribution in [0.5, 0.6) is 0 Å². The van der Waals surface area contributed by atoms with Crippen LogP contribution in [-0.4, -0.2) is 45.5 Å². The summed E-state index contributed by atoms with van der Waals surface area (Å²) in [4.78, 5) is 35.8. The van der Waals surface area contributed by atoms with Crippen LogP contribution in [-0.2, 0) is 14.4 Å². The summed E-state index contributed by atoms with van der Waals surface area (Å²) in [7, 11) is 0. The molecule has 0 aliphatic heterocycles. The van der Waals surface area contributed by atoms with E-state index in [1.54, 1.807) is 0 Å². The van der Waals surface area contributed by atoms with E-state index in [9.17, 15) is 14.4 Å². The first-order valence-electron chi connectivity index (χ1n) is 7.10. The molecule has 114 valence electrons. The maximum Gasteiger partial charge on any atom is 0.326 e. The summed E-state index contributed by atoms with van der Waals surface area (Å²) in [6.45, 7) is 2.85. The topological polar surface area (TPSA) is 94.9 Å². The molecule has 1 fully saturated rings. The van der Waals surface area contributed by atoms with E-state index in [4.69, 9.17) is 10.2 Å². The molecule has 0 aromatic rings. The zero-order chi connectivity index (χ0) is 15.3. The third kappa shape index (κ3) is 4.21. The van der Waals surface area contributed by atoms with E-state index in [2.05, 4.69) is 0 Å². The van der Waals surface area contributed by atoms with Gasteiger partial charge in [-0.2, -0.15) is 0 Å². The summed E-state index contributed by atoms with van der Waals surface area (Å²) in [5.41, 5.74) is 0. The van der Waals surface area contributed by atoms with E-state index in [-0.39, 0.29) is 18.4 Å². The van der Waals surface area contributed by atoms with Crippen molar-refractivity contribution >= 4 is 17.8 Å². The highest BCUT2D eigenvalue weighted by molar-refractivity contribution is 5.85. The predicted molar refractivity (Wildman–Crippen MR) is 72.2 cm³/mol. The molecule has 1 rings (SSSR count). The summed E-state index contributed by atoms with van der Waals surface area (Å²) in [6, 6.07) is -0.994. The minimum absolute atomic E-state index is 0.0574. The fourth-order valence-electron chi connectivity index (χ4n) is 2.53. The number of carboxylic acid groups (broad SMARTS) is 2. The molecule has 0 saturated heterocycles. The molecule has 0 aromatic carbocycles. The smallest absolute Gasteiger partial charge is 0.326 e. The van der Waals surface area contributed by atoms with Gasteiger partial charge in [0.2, 0.25) is 5.91 Å². The van der Waals surface area contributed by atoms with Gasteiger partial charge in [-0.05, 0) is 19.8 Å². The third-order valence-corrected chi connectivity index (χ3v) is 3.95. The summed E-state index contributed by atoms with van der Waals surface area (Å²) in [5.74, 6) is -3.28. The Bertz CT molecular complexity index is 376. The van der Waals surface area contributed by atoms with Crippen molar-refractivity contribution in [3.8, 4) is 0 Å². The van der Waals surface area contributed by atoms with Crippen LogP contribution in [0.2, 0.25) is 0 Å². The van der Waals surface area contributed by atoms with Gasteiger partial charge >= 0.3 is 11.9 Å². The highest BCUT2D eigenvalue weighted by Gasteiger charge is 2.33. The Morgan fingerprint density at radius 2 is 1.60 bits per heavy atom. The number of carbonyl (C=O) groups is 3. The maximum atomic E-state index is 12.5. The zero-order valence-electron chi connectivity index (χ0n) is 12.0. The van der Waals surface area contributed by atoms with Crippen molar-refractivity contribution in [3.05, 3.63) is 0 Å². The standard InChI is InChI=1S/C14H23NO5/c1-9(13(17)18)8-15(10(2)14(19)20)12(16)11-6-4-3-5-7-11/h9-11H,3-8H2,1-2H3,(H,17,18)(H,19,20). The van der Waals surface area contributed by atoms with Crippen LogP contribution in [0.4, 0.5) is 0 Å². The van der Waals surface area contributed by atoms with E-state index >= 15 is 0 Å². The van der Waals surface area contributed by atoms with Gasteiger partial charge in [0.25, 0.3) is 0 Å². The number of carboxylic acids is 2. The fraction of sp³-hybridized carbons (Fsp3) is 0.786. The summed E-state index contributed by atoms with van der Waals surface area (Å²) < 4.78 is 0. The predicted octanol–water partition coefficient (Wildman–Crippen LogP) is 1.59. The second-order valence-corrected chi connectivity index (χ2v) is 5.58. The lowest BCUT2D eigenvalue weighted by Gasteiger charge is -2.33. The lowest BCUT2D eigenvalue weighted by Crippen LogP contribution is -2.49. The molecule has 0 bridgehead atoms. The van der Waals surface area contributed by atoms with Crippen molar-refractivity contribution in [1.82, 2.24) is 4.90 Å². The van der Waals surface area contributed by atoms with Crippen LogP contribution in [0.25, 0.3) is 0 Å². The van der Waals surface area contributed by atoms with Crippen LogP contribution >= 0.6 is 0 Å². The zero-order valence-corrected chi connectivity index (χ0v) is 12.0. The highest BCUT2D eigenvalue weighted by atomic mass is 16.4. The lowest BCUT2D eigenvalue weighted by atomic mass is 9.87. The van der Waals surface area contributed by atoms with Gasteiger partial charge in [-0.3, -0.25) is 9.59 Å². The second kappa shape index (κ2) is 7.26. The van der Waals surface area contributed by atoms with Gasteiger partial charge in [0.15, 0.2) is 0 Å². The fourth-order valence-corrected chi connectivity index (χ4v) is 2.53. The van der Waals surface area contributed by atoms with E-state index in [0.29, 0.717) is 0 Å². The number of hydrogen-bond donors (Lipinski definition) is 2. The van der Waals surface area contributed by atoms with Crippen molar-refractivity contribution in [2.45, 2.75) is 52.0 Å². The van der Waals surface area contributed by atoms with Gasteiger partial charge in [-0.15, -0.1) is 0 Å². The minimum atomic E-state index is -1.10. The Balaban J connectivity index is 2.82. The Kier molecular flexibility index (Phi) is 5.98. The molecule has 2 unspecified atom stereocenters. The first-order valence-corrected chi connectivity index (χ1v) is 7.10. The molecule has 1 aliphatic rings. The molecule has 1 aliphatic carbocycles. The van der Waals surface area contributed by atoms with Crippen LogP contribution in [0.3, 0.4) is 0 Å². The number of hydrogen-bond acceptors (Lipinski definition) is 3. The number of rotatable bonds is 6. The molecule has 20 heavy (non-hydrogen) atoms. The third-order valence-electron chi connectivity index (χ3n) is 3.95. The normalized spacial score (nSPS) is 19.1. The van der Waals surface area contributed by atoms with Crippen molar-refractivity contribution in [2.75, 3.05) is 6.54 Å². The summed E-state index contributed by atoms with van der Waals surface area (Å²) in [5, 5.41) is 18.1. The van der Waals surface area contributed by atoms with E-state index < -0.39 is 23.9 Å². The molecule has 6 nitrogen and oxygen atoms in total. The lowest BCUT2D eigenvalue weighted by molar-refractivity contribution is -0.154. The SMILES string of the molecule is CC(CN(C(=O)C1CCCCC1)C(C)C(=O)O)C(=O)O. The molecule has 2 N–H and O–H groups in total. The summed E-state index contributed by atoms with van der Waals surface area (Å²) in [6.07, 6.45) is 4.58. The average Bonchev–Trinajstić information content (AvgIpc) is 2.43. The van der Waals surface area contributed by atoms with Crippen LogP contribution < -0.4 is 0 Å². The monoisotopic (exact) mass is 285 g/mol. The van der Waals surface area contributed by atoms with E-state index in [1.807, 2.05) is 0 Å². The summed E-state index contributed by atoms with van der Waals surface area (Å²) >= 11 is 0. The molecule has 0 radical (unpaired) electrons. The molecule has 2 atom stereocenters. The Hall–Kier alpha value is -1.59. The molecule has 0 spiro atoms. The van der Waals surface area contributed by atoms with Crippen molar-refractivity contribution in [2.24, 2.45) is 11.8 Å². The van der Waals surface area contributed by atoms with Gasteiger partial charge in [0, 0.05) is 12.5 Å². The largest absolute Gasteiger partial charge is 0.481 e. The maximum absolute atomic E-state index is 12.5. The first-order chi connectivity index (χ1) is 9.34. The van der Waals surface area contributed by atoms with Crippen molar-refractivity contribution < 1.29 is 24.6 Å². The molecular weight excluding hydrogens is 262 g/mol. The number of aliphatic carboxylic acids is 2. The van der Waals surface area contributed by atoms with Crippen molar-refractivity contribution in [3.63, 3.8) is 0 Å². The molecular formula is C14H23NO5. The molecule has 0 aromatic heterocycles. The van der Waals surface area contributed by atoms with Crippen LogP contribution in [0, 0.1) is 11.8 Å². The molecule has 0 heterocycles. The van der Waals surface area contributed by atoms with Crippen LogP contribution in [0.15, 0.2) is 0 Å². The second-order valence-electron chi connectivity index (χ2n) is 5.58. The Morgan fingerprint density at radius 1 is 1.05 bits per heavy atom. The van der Waals surface area contributed by atoms with Gasteiger partial charge in [0.1, 0.15) is 6.04 Å². The van der Waals surface area contributed by atoms with Gasteiger partial charge in [-0.25, -0.2) is 4.79 Å². The first kappa shape index (κ1) is 16.5. The molecule has 1 saturated carbocycles. The Morgan fingerprint density at radius 3 is 2.05 bits per heavy atom. The van der Waals surface area contributed by atoms with Crippen molar-refractivity contribution in [1.29, 1.82) is 0 Å². The Labute approximate surface area is 118 Å².